The monoisotopic (exact) mass is 330 g/mol. The number of rotatable bonds is 3. The summed E-state index contributed by atoms with van der Waals surface area (Å²) in [7, 11) is 0. The summed E-state index contributed by atoms with van der Waals surface area (Å²) < 4.78 is 0. The van der Waals surface area contributed by atoms with Crippen LogP contribution in [-0.4, -0.2) is 30.7 Å². The van der Waals surface area contributed by atoms with Crippen LogP contribution in [0.5, 0.6) is 0 Å². The molecule has 0 aliphatic carbocycles. The summed E-state index contributed by atoms with van der Waals surface area (Å²) >= 11 is 5.87. The minimum atomic E-state index is -0.0439. The standard InChI is InChI=1S/C18H20ClN3O/c19-16-7-9-17(10-8-16)20-18(23)22-12-4-11-21(14-22)13-15-5-2-1-3-6-15/h1-3,5-10H,4,11-14H2,(H,20,23)/p+1. The first-order valence-corrected chi connectivity index (χ1v) is 8.27. The molecule has 1 aliphatic rings. The number of nitrogens with zero attached hydrogens (tertiary/aromatic N) is 1. The molecule has 5 heteroatoms. The fourth-order valence-corrected chi connectivity index (χ4v) is 3.01. The molecule has 4 nitrogen and oxygen atoms in total. The number of carbonyl (C=O) groups excluding carboxylic acids is 1. The average Bonchev–Trinajstić information content (AvgIpc) is 2.58. The molecule has 23 heavy (non-hydrogen) atoms. The Morgan fingerprint density at radius 3 is 2.61 bits per heavy atom. The van der Waals surface area contributed by atoms with Gasteiger partial charge in [0.2, 0.25) is 0 Å². The molecule has 1 heterocycles. The third kappa shape index (κ3) is 4.47. The maximum atomic E-state index is 12.4. The number of hydrogen-bond acceptors (Lipinski definition) is 1. The van der Waals surface area contributed by atoms with E-state index in [1.165, 1.54) is 10.5 Å². The second-order valence-electron chi connectivity index (χ2n) is 5.87. The van der Waals surface area contributed by atoms with Gasteiger partial charge in [0.25, 0.3) is 0 Å². The van der Waals surface area contributed by atoms with Gasteiger partial charge >= 0.3 is 6.03 Å². The average molecular weight is 331 g/mol. The molecule has 2 amide bonds. The molecule has 2 N–H and O–H groups in total. The zero-order valence-electron chi connectivity index (χ0n) is 13.0. The first-order valence-electron chi connectivity index (χ1n) is 7.90. The third-order valence-corrected chi connectivity index (χ3v) is 4.30. The van der Waals surface area contributed by atoms with Crippen LogP contribution in [0.2, 0.25) is 5.02 Å². The van der Waals surface area contributed by atoms with E-state index < -0.39 is 0 Å². The second kappa shape index (κ2) is 7.49. The van der Waals surface area contributed by atoms with Gasteiger partial charge in [-0.2, -0.15) is 0 Å². The quantitative estimate of drug-likeness (QED) is 0.892. The summed E-state index contributed by atoms with van der Waals surface area (Å²) in [5.74, 6) is 0. The minimum absolute atomic E-state index is 0.0439. The van der Waals surface area contributed by atoms with Crippen molar-refractivity contribution in [3.8, 4) is 0 Å². The highest BCUT2D eigenvalue weighted by molar-refractivity contribution is 6.30. The fraction of sp³-hybridized carbons (Fsp3) is 0.278. The van der Waals surface area contributed by atoms with E-state index in [4.69, 9.17) is 11.6 Å². The van der Waals surface area contributed by atoms with Crippen LogP contribution in [0.1, 0.15) is 12.0 Å². The van der Waals surface area contributed by atoms with E-state index in [1.807, 2.05) is 23.1 Å². The smallest absolute Gasteiger partial charge is 0.314 e. The van der Waals surface area contributed by atoms with Gasteiger partial charge in [-0.15, -0.1) is 0 Å². The molecule has 1 atom stereocenters. The fourth-order valence-electron chi connectivity index (χ4n) is 2.89. The Bertz CT molecular complexity index is 645. The summed E-state index contributed by atoms with van der Waals surface area (Å²) in [4.78, 5) is 15.7. The lowest BCUT2D eigenvalue weighted by Gasteiger charge is -2.32. The van der Waals surface area contributed by atoms with E-state index in [0.717, 1.165) is 38.4 Å². The van der Waals surface area contributed by atoms with E-state index in [9.17, 15) is 4.79 Å². The zero-order chi connectivity index (χ0) is 16.1. The number of hydrogen-bond donors (Lipinski definition) is 2. The van der Waals surface area contributed by atoms with Crippen LogP contribution in [-0.2, 0) is 6.54 Å². The van der Waals surface area contributed by atoms with E-state index >= 15 is 0 Å². The molecule has 1 aliphatic heterocycles. The Labute approximate surface area is 141 Å². The number of benzene rings is 2. The van der Waals surface area contributed by atoms with Gasteiger partial charge in [0.15, 0.2) is 6.67 Å². The largest absolute Gasteiger partial charge is 0.326 e. The van der Waals surface area contributed by atoms with Crippen LogP contribution in [0.15, 0.2) is 54.6 Å². The van der Waals surface area contributed by atoms with Gasteiger partial charge in [-0.1, -0.05) is 41.9 Å². The molecule has 120 valence electrons. The SMILES string of the molecule is O=C(Nc1ccc(Cl)cc1)N1CCC[NH+](Cc2ccccc2)C1. The number of halogens is 1. The zero-order valence-corrected chi connectivity index (χ0v) is 13.7. The first-order chi connectivity index (χ1) is 11.2. The van der Waals surface area contributed by atoms with Crippen molar-refractivity contribution in [2.75, 3.05) is 25.1 Å². The van der Waals surface area contributed by atoms with E-state index in [0.29, 0.717) is 5.02 Å². The van der Waals surface area contributed by atoms with Gasteiger partial charge in [0.05, 0.1) is 6.54 Å². The highest BCUT2D eigenvalue weighted by atomic mass is 35.5. The molecule has 2 aromatic rings. The van der Waals surface area contributed by atoms with Crippen molar-refractivity contribution < 1.29 is 9.69 Å². The van der Waals surface area contributed by atoms with Crippen LogP contribution in [0.4, 0.5) is 10.5 Å². The lowest BCUT2D eigenvalue weighted by molar-refractivity contribution is -0.927. The minimum Gasteiger partial charge on any atom is -0.314 e. The Kier molecular flexibility index (Phi) is 5.16. The van der Waals surface area contributed by atoms with Crippen LogP contribution in [0.25, 0.3) is 0 Å². The van der Waals surface area contributed by atoms with Gasteiger partial charge in [0.1, 0.15) is 6.54 Å². The molecule has 1 unspecified atom stereocenters. The molecule has 0 radical (unpaired) electrons. The molecule has 1 fully saturated rings. The number of amides is 2. The van der Waals surface area contributed by atoms with Gasteiger partial charge in [-0.3, -0.25) is 4.90 Å². The van der Waals surface area contributed by atoms with Crippen molar-refractivity contribution in [3.05, 3.63) is 65.2 Å². The highest BCUT2D eigenvalue weighted by Gasteiger charge is 2.24. The van der Waals surface area contributed by atoms with Gasteiger partial charge < -0.3 is 10.2 Å². The molecule has 3 rings (SSSR count). The van der Waals surface area contributed by atoms with Crippen LogP contribution in [0, 0.1) is 0 Å². The summed E-state index contributed by atoms with van der Waals surface area (Å²) in [5.41, 5.74) is 2.08. The Morgan fingerprint density at radius 2 is 1.87 bits per heavy atom. The topological polar surface area (TPSA) is 36.8 Å². The predicted octanol–water partition coefficient (Wildman–Crippen LogP) is 2.62. The summed E-state index contributed by atoms with van der Waals surface area (Å²) in [6, 6.07) is 17.6. The number of urea groups is 1. The Balaban J connectivity index is 1.57. The molecular formula is C18H21ClN3O+. The molecule has 0 spiro atoms. The van der Waals surface area contributed by atoms with Crippen molar-refractivity contribution in [3.63, 3.8) is 0 Å². The predicted molar refractivity (Wildman–Crippen MR) is 92.6 cm³/mol. The molecule has 0 bridgehead atoms. The molecule has 1 saturated heterocycles. The lowest BCUT2D eigenvalue weighted by atomic mass is 10.2. The lowest BCUT2D eigenvalue weighted by Crippen LogP contribution is -3.13. The number of quaternary nitrogens is 1. The molecule has 0 aromatic heterocycles. The van der Waals surface area contributed by atoms with Crippen LogP contribution in [0.3, 0.4) is 0 Å². The van der Waals surface area contributed by atoms with Crippen LogP contribution < -0.4 is 10.2 Å². The van der Waals surface area contributed by atoms with Crippen molar-refractivity contribution in [2.45, 2.75) is 13.0 Å². The summed E-state index contributed by atoms with van der Waals surface area (Å²) in [6.45, 7) is 3.58. The molecule has 0 saturated carbocycles. The van der Waals surface area contributed by atoms with Crippen LogP contribution >= 0.6 is 11.6 Å². The first kappa shape index (κ1) is 15.8. The number of nitrogens with one attached hydrogen (secondary N) is 2. The van der Waals surface area contributed by atoms with Gasteiger partial charge in [0, 0.05) is 29.2 Å². The van der Waals surface area contributed by atoms with Crippen molar-refractivity contribution in [2.24, 2.45) is 0 Å². The van der Waals surface area contributed by atoms with Gasteiger partial charge in [-0.25, -0.2) is 4.79 Å². The maximum Gasteiger partial charge on any atom is 0.326 e. The number of anilines is 1. The highest BCUT2D eigenvalue weighted by Crippen LogP contribution is 2.14. The van der Waals surface area contributed by atoms with Crippen molar-refractivity contribution >= 4 is 23.3 Å². The van der Waals surface area contributed by atoms with Crippen molar-refractivity contribution in [1.29, 1.82) is 0 Å². The van der Waals surface area contributed by atoms with E-state index in [2.05, 4.69) is 29.6 Å². The summed E-state index contributed by atoms with van der Waals surface area (Å²) in [5, 5.41) is 3.60. The van der Waals surface area contributed by atoms with Gasteiger partial charge in [-0.05, 0) is 24.3 Å². The maximum absolute atomic E-state index is 12.4. The summed E-state index contributed by atoms with van der Waals surface area (Å²) in [6.07, 6.45) is 1.02. The second-order valence-corrected chi connectivity index (χ2v) is 6.31. The van der Waals surface area contributed by atoms with E-state index in [-0.39, 0.29) is 6.03 Å². The molecular weight excluding hydrogens is 310 g/mol. The number of carbonyl (C=O) groups is 1. The molecule has 2 aromatic carbocycles. The van der Waals surface area contributed by atoms with E-state index in [1.54, 1.807) is 12.1 Å². The Hall–Kier alpha value is -2.04. The Morgan fingerprint density at radius 1 is 1.13 bits per heavy atom. The third-order valence-electron chi connectivity index (χ3n) is 4.05. The normalized spacial score (nSPS) is 17.8. The van der Waals surface area contributed by atoms with Crippen molar-refractivity contribution in [1.82, 2.24) is 4.90 Å².